The van der Waals surface area contributed by atoms with E-state index in [4.69, 9.17) is 0 Å². The maximum atomic E-state index is 11.4. The Balaban J connectivity index is 2.02. The molecule has 1 atom stereocenters. The molecule has 1 aromatic rings. The number of aliphatic carboxylic acids is 1. The average Bonchev–Trinajstić information content (AvgIpc) is 2.69. The number of carboxylic acid groups (broad SMARTS) is 1. The van der Waals surface area contributed by atoms with Crippen LogP contribution in [0.1, 0.15) is 36.3 Å². The monoisotopic (exact) mass is 357 g/mol. The Morgan fingerprint density at radius 2 is 2.00 bits per heavy atom. The van der Waals surface area contributed by atoms with Crippen LogP contribution in [0.5, 0.6) is 0 Å². The van der Waals surface area contributed by atoms with E-state index in [-0.39, 0.29) is 11.3 Å². The maximum Gasteiger partial charge on any atom is 0.311 e. The zero-order valence-electron chi connectivity index (χ0n) is 10.1. The van der Waals surface area contributed by atoms with Gasteiger partial charge in [0.05, 0.1) is 5.92 Å². The highest BCUT2D eigenvalue weighted by Gasteiger charge is 2.47. The predicted octanol–water partition coefficient (Wildman–Crippen LogP) is 2.94. The number of fused-ring (bicyclic) bond motifs is 2. The fourth-order valence-corrected chi connectivity index (χ4v) is 3.98. The zero-order valence-corrected chi connectivity index (χ0v) is 12.3. The lowest BCUT2D eigenvalue weighted by Crippen LogP contribution is -2.37. The fraction of sp³-hybridized carbons (Fsp3) is 0.500. The lowest BCUT2D eigenvalue weighted by molar-refractivity contribution is -0.139. The SMILES string of the molecule is O=C(O)C1CC2(CCN(I)CC2)c2ccccc21. The summed E-state index contributed by atoms with van der Waals surface area (Å²) in [5.41, 5.74) is 2.45. The summed E-state index contributed by atoms with van der Waals surface area (Å²) in [7, 11) is 0. The van der Waals surface area contributed by atoms with Crippen molar-refractivity contribution in [1.82, 2.24) is 3.11 Å². The van der Waals surface area contributed by atoms with Crippen molar-refractivity contribution in [1.29, 1.82) is 0 Å². The normalized spacial score (nSPS) is 26.2. The topological polar surface area (TPSA) is 40.5 Å². The summed E-state index contributed by atoms with van der Waals surface area (Å²) in [5, 5.41) is 9.41. The molecule has 0 radical (unpaired) electrons. The molecule has 0 aromatic heterocycles. The van der Waals surface area contributed by atoms with Crippen LogP contribution in [0.15, 0.2) is 24.3 Å². The quantitative estimate of drug-likeness (QED) is 0.621. The van der Waals surface area contributed by atoms with Gasteiger partial charge in [-0.3, -0.25) is 4.79 Å². The van der Waals surface area contributed by atoms with Gasteiger partial charge in [0.1, 0.15) is 0 Å². The molecule has 1 aliphatic carbocycles. The number of hydrogen-bond donors (Lipinski definition) is 1. The molecule has 18 heavy (non-hydrogen) atoms. The number of halogens is 1. The van der Waals surface area contributed by atoms with E-state index in [1.165, 1.54) is 5.56 Å². The zero-order chi connectivity index (χ0) is 12.8. The van der Waals surface area contributed by atoms with Gasteiger partial charge in [-0.15, -0.1) is 0 Å². The van der Waals surface area contributed by atoms with Crippen molar-refractivity contribution >= 4 is 28.8 Å². The second kappa shape index (κ2) is 4.49. The molecular formula is C14H16INO2. The van der Waals surface area contributed by atoms with Crippen molar-refractivity contribution in [2.45, 2.75) is 30.6 Å². The maximum absolute atomic E-state index is 11.4. The van der Waals surface area contributed by atoms with Gasteiger partial charge in [0.2, 0.25) is 0 Å². The summed E-state index contributed by atoms with van der Waals surface area (Å²) < 4.78 is 2.31. The third kappa shape index (κ3) is 1.86. The molecule has 1 N–H and O–H groups in total. The van der Waals surface area contributed by atoms with E-state index < -0.39 is 5.97 Å². The Labute approximate surface area is 121 Å². The minimum Gasteiger partial charge on any atom is -0.481 e. The van der Waals surface area contributed by atoms with Gasteiger partial charge >= 0.3 is 5.97 Å². The van der Waals surface area contributed by atoms with Crippen molar-refractivity contribution in [3.8, 4) is 0 Å². The molecule has 4 heteroatoms. The fourth-order valence-electron chi connectivity index (χ4n) is 3.50. The highest BCUT2D eigenvalue weighted by molar-refractivity contribution is 14.1. The largest absolute Gasteiger partial charge is 0.481 e. The van der Waals surface area contributed by atoms with Crippen LogP contribution in [0.4, 0.5) is 0 Å². The molecule has 2 aliphatic rings. The number of benzene rings is 1. The predicted molar refractivity (Wildman–Crippen MR) is 77.9 cm³/mol. The van der Waals surface area contributed by atoms with Gasteiger partial charge in [0, 0.05) is 36.0 Å². The first-order valence-electron chi connectivity index (χ1n) is 6.35. The lowest BCUT2D eigenvalue weighted by atomic mass is 9.74. The van der Waals surface area contributed by atoms with Crippen LogP contribution in [0.2, 0.25) is 0 Å². The van der Waals surface area contributed by atoms with E-state index in [1.54, 1.807) is 0 Å². The Kier molecular flexibility index (Phi) is 3.10. The number of piperidine rings is 1. The second-order valence-electron chi connectivity index (χ2n) is 5.37. The van der Waals surface area contributed by atoms with E-state index in [0.717, 1.165) is 37.9 Å². The number of carbonyl (C=O) groups is 1. The van der Waals surface area contributed by atoms with Gasteiger partial charge in [-0.1, -0.05) is 24.3 Å². The molecular weight excluding hydrogens is 341 g/mol. The first-order valence-corrected chi connectivity index (χ1v) is 7.32. The molecule has 1 aliphatic heterocycles. The van der Waals surface area contributed by atoms with E-state index in [9.17, 15) is 9.90 Å². The second-order valence-corrected chi connectivity index (χ2v) is 6.74. The van der Waals surface area contributed by atoms with Crippen LogP contribution in [0.25, 0.3) is 0 Å². The van der Waals surface area contributed by atoms with Crippen LogP contribution >= 0.6 is 22.9 Å². The van der Waals surface area contributed by atoms with Gasteiger partial charge in [-0.2, -0.15) is 0 Å². The van der Waals surface area contributed by atoms with Crippen molar-refractivity contribution in [3.63, 3.8) is 0 Å². The first kappa shape index (κ1) is 12.4. The minimum absolute atomic E-state index is 0.112. The molecule has 3 nitrogen and oxygen atoms in total. The highest BCUT2D eigenvalue weighted by Crippen LogP contribution is 2.51. The molecule has 1 unspecified atom stereocenters. The number of nitrogens with zero attached hydrogens (tertiary/aromatic N) is 1. The smallest absolute Gasteiger partial charge is 0.311 e. The third-order valence-electron chi connectivity index (χ3n) is 4.47. The number of carboxylic acids is 1. The molecule has 1 heterocycles. The van der Waals surface area contributed by atoms with Gasteiger partial charge in [0.25, 0.3) is 0 Å². The third-order valence-corrected chi connectivity index (χ3v) is 5.43. The Morgan fingerprint density at radius 1 is 1.33 bits per heavy atom. The minimum atomic E-state index is -0.670. The summed E-state index contributed by atoms with van der Waals surface area (Å²) in [4.78, 5) is 11.4. The van der Waals surface area contributed by atoms with Gasteiger partial charge in [0.15, 0.2) is 0 Å². The molecule has 1 fully saturated rings. The lowest BCUT2D eigenvalue weighted by Gasteiger charge is -2.37. The Bertz CT molecular complexity index is 480. The Morgan fingerprint density at radius 3 is 2.67 bits per heavy atom. The summed E-state index contributed by atoms with van der Waals surface area (Å²) >= 11 is 2.36. The molecule has 96 valence electrons. The molecule has 3 rings (SSSR count). The van der Waals surface area contributed by atoms with Crippen LogP contribution in [-0.4, -0.2) is 27.3 Å². The van der Waals surface area contributed by atoms with Gasteiger partial charge in [-0.25, -0.2) is 3.11 Å². The van der Waals surface area contributed by atoms with Crippen LogP contribution in [0, 0.1) is 0 Å². The van der Waals surface area contributed by atoms with Crippen LogP contribution in [-0.2, 0) is 10.2 Å². The van der Waals surface area contributed by atoms with E-state index in [1.807, 2.05) is 18.2 Å². The van der Waals surface area contributed by atoms with E-state index in [0.29, 0.717) is 0 Å². The van der Waals surface area contributed by atoms with Crippen molar-refractivity contribution < 1.29 is 9.90 Å². The van der Waals surface area contributed by atoms with Gasteiger partial charge < -0.3 is 5.11 Å². The highest BCUT2D eigenvalue weighted by atomic mass is 127. The number of rotatable bonds is 1. The summed E-state index contributed by atoms with van der Waals surface area (Å²) in [5.74, 6) is -0.974. The van der Waals surface area contributed by atoms with Gasteiger partial charge in [-0.05, 0) is 35.8 Å². The summed E-state index contributed by atoms with van der Waals surface area (Å²) in [6.07, 6.45) is 2.94. The summed E-state index contributed by atoms with van der Waals surface area (Å²) in [6.45, 7) is 2.11. The molecule has 1 saturated heterocycles. The molecule has 1 aromatic carbocycles. The average molecular weight is 357 g/mol. The first-order chi connectivity index (χ1) is 8.62. The van der Waals surface area contributed by atoms with Crippen LogP contribution in [0.3, 0.4) is 0 Å². The Hall–Kier alpha value is -0.620. The van der Waals surface area contributed by atoms with E-state index in [2.05, 4.69) is 32.0 Å². The molecule has 0 bridgehead atoms. The van der Waals surface area contributed by atoms with Crippen molar-refractivity contribution in [2.24, 2.45) is 0 Å². The molecule has 0 amide bonds. The number of hydrogen-bond acceptors (Lipinski definition) is 2. The van der Waals surface area contributed by atoms with Crippen LogP contribution < -0.4 is 0 Å². The standard InChI is InChI=1S/C14H16INO2/c15-16-7-5-14(6-8-16)9-11(13(17)18)10-3-1-2-4-12(10)14/h1-4,11H,5-9H2,(H,17,18). The van der Waals surface area contributed by atoms with Crippen molar-refractivity contribution in [2.75, 3.05) is 13.1 Å². The van der Waals surface area contributed by atoms with Crippen molar-refractivity contribution in [3.05, 3.63) is 35.4 Å². The molecule has 0 saturated carbocycles. The molecule has 1 spiro atoms. The van der Waals surface area contributed by atoms with E-state index >= 15 is 0 Å². The summed E-state index contributed by atoms with van der Waals surface area (Å²) in [6, 6.07) is 8.14.